The van der Waals surface area contributed by atoms with Crippen molar-refractivity contribution in [3.8, 4) is 6.07 Å². The van der Waals surface area contributed by atoms with Crippen molar-refractivity contribution in [2.45, 2.75) is 32.0 Å². The second-order valence-corrected chi connectivity index (χ2v) is 7.88. The summed E-state index contributed by atoms with van der Waals surface area (Å²) >= 11 is 0. The lowest BCUT2D eigenvalue weighted by Crippen LogP contribution is -2.45. The van der Waals surface area contributed by atoms with Crippen LogP contribution in [-0.2, 0) is 18.0 Å². The molecule has 1 amide bonds. The Morgan fingerprint density at radius 3 is 2.72 bits per heavy atom. The van der Waals surface area contributed by atoms with E-state index in [1.807, 2.05) is 29.9 Å². The number of aryl methyl sites for hydroxylation is 2. The second kappa shape index (κ2) is 7.82. The van der Waals surface area contributed by atoms with E-state index in [4.69, 9.17) is 0 Å². The van der Waals surface area contributed by atoms with Crippen molar-refractivity contribution in [3.63, 3.8) is 0 Å². The summed E-state index contributed by atoms with van der Waals surface area (Å²) in [7, 11) is 3.44. The molecule has 0 spiro atoms. The van der Waals surface area contributed by atoms with Crippen LogP contribution in [0.4, 0.5) is 24.8 Å². The molecule has 1 aliphatic rings. The highest BCUT2D eigenvalue weighted by molar-refractivity contribution is 5.99. The van der Waals surface area contributed by atoms with Gasteiger partial charge in [-0.3, -0.25) is 9.69 Å². The summed E-state index contributed by atoms with van der Waals surface area (Å²) in [6.45, 7) is 1.77. The van der Waals surface area contributed by atoms with Crippen LogP contribution in [0.3, 0.4) is 0 Å². The molecular formula is C22H21F3N6O. The average Bonchev–Trinajstić information content (AvgIpc) is 3.38. The van der Waals surface area contributed by atoms with Gasteiger partial charge in [0.1, 0.15) is 35.0 Å². The maximum atomic E-state index is 13.5. The van der Waals surface area contributed by atoms with E-state index >= 15 is 0 Å². The molecule has 0 aliphatic carbocycles. The van der Waals surface area contributed by atoms with Crippen molar-refractivity contribution in [3.05, 3.63) is 47.3 Å². The molecule has 4 rings (SSSR count). The van der Waals surface area contributed by atoms with Gasteiger partial charge in [0.25, 0.3) is 5.91 Å². The third-order valence-electron chi connectivity index (χ3n) is 5.73. The van der Waals surface area contributed by atoms with Crippen LogP contribution in [0.25, 0.3) is 11.0 Å². The summed E-state index contributed by atoms with van der Waals surface area (Å²) in [5, 5.41) is 10.4. The molecule has 3 aromatic heterocycles. The van der Waals surface area contributed by atoms with Crippen molar-refractivity contribution < 1.29 is 18.0 Å². The maximum absolute atomic E-state index is 13.5. The van der Waals surface area contributed by atoms with Crippen molar-refractivity contribution in [2.24, 2.45) is 7.05 Å². The quantitative estimate of drug-likeness (QED) is 0.617. The SMILES string of the molecule is Cc1cc(C(F)(F)F)c(C#N)c(N2CCC[C@H]2C(=O)N(C)c2ccc3ccn(C)c3n2)n1. The van der Waals surface area contributed by atoms with Crippen molar-refractivity contribution in [1.29, 1.82) is 5.26 Å². The molecule has 3 aromatic rings. The lowest BCUT2D eigenvalue weighted by atomic mass is 10.1. The molecule has 1 aliphatic heterocycles. The van der Waals surface area contributed by atoms with Gasteiger partial charge in [0, 0.05) is 37.9 Å². The van der Waals surface area contributed by atoms with Crippen molar-refractivity contribution in [1.82, 2.24) is 14.5 Å². The molecule has 0 aromatic carbocycles. The number of halogens is 3. The minimum Gasteiger partial charge on any atom is -0.343 e. The van der Waals surface area contributed by atoms with Gasteiger partial charge in [-0.1, -0.05) is 0 Å². The highest BCUT2D eigenvalue weighted by Gasteiger charge is 2.40. The molecule has 10 heteroatoms. The largest absolute Gasteiger partial charge is 0.417 e. The number of alkyl halides is 3. The van der Waals surface area contributed by atoms with Gasteiger partial charge in [-0.15, -0.1) is 0 Å². The normalized spacial score (nSPS) is 16.4. The number of nitrogens with zero attached hydrogens (tertiary/aromatic N) is 6. The van der Waals surface area contributed by atoms with E-state index in [1.54, 1.807) is 19.2 Å². The van der Waals surface area contributed by atoms with Gasteiger partial charge < -0.3 is 9.47 Å². The molecule has 7 nitrogen and oxygen atoms in total. The summed E-state index contributed by atoms with van der Waals surface area (Å²) in [6.07, 6.45) is -1.79. The highest BCUT2D eigenvalue weighted by atomic mass is 19.4. The smallest absolute Gasteiger partial charge is 0.343 e. The monoisotopic (exact) mass is 442 g/mol. The molecule has 1 atom stereocenters. The number of amides is 1. The summed E-state index contributed by atoms with van der Waals surface area (Å²) in [5.74, 6) is 0.0177. The Bertz CT molecular complexity index is 1240. The molecule has 166 valence electrons. The highest BCUT2D eigenvalue weighted by Crippen LogP contribution is 2.38. The van der Waals surface area contributed by atoms with E-state index in [9.17, 15) is 23.2 Å². The van der Waals surface area contributed by atoms with Gasteiger partial charge in [-0.05, 0) is 44.0 Å². The Hall–Kier alpha value is -3.61. The Kier molecular flexibility index (Phi) is 5.28. The first-order valence-electron chi connectivity index (χ1n) is 10.1. The molecule has 32 heavy (non-hydrogen) atoms. The molecule has 0 unspecified atom stereocenters. The fraction of sp³-hybridized carbons (Fsp3) is 0.364. The topological polar surface area (TPSA) is 78.0 Å². The Morgan fingerprint density at radius 2 is 2.03 bits per heavy atom. The number of hydrogen-bond donors (Lipinski definition) is 0. The van der Waals surface area contributed by atoms with Gasteiger partial charge in [0.05, 0.1) is 5.56 Å². The summed E-state index contributed by atoms with van der Waals surface area (Å²) in [5.41, 5.74) is -0.750. The molecule has 0 N–H and O–H groups in total. The number of carbonyl (C=O) groups excluding carboxylic acids is 1. The van der Waals surface area contributed by atoms with Crippen LogP contribution >= 0.6 is 0 Å². The van der Waals surface area contributed by atoms with E-state index < -0.39 is 23.3 Å². The van der Waals surface area contributed by atoms with Gasteiger partial charge in [0.15, 0.2) is 0 Å². The number of hydrogen-bond acceptors (Lipinski definition) is 5. The molecule has 1 saturated heterocycles. The molecule has 0 saturated carbocycles. The fourth-order valence-electron chi connectivity index (χ4n) is 4.12. The number of fused-ring (bicyclic) bond motifs is 1. The summed E-state index contributed by atoms with van der Waals surface area (Å²) in [4.78, 5) is 25.1. The van der Waals surface area contributed by atoms with Crippen LogP contribution in [0.15, 0.2) is 30.5 Å². The zero-order valence-corrected chi connectivity index (χ0v) is 17.8. The average molecular weight is 442 g/mol. The molecule has 0 bridgehead atoms. The number of pyridine rings is 2. The number of aromatic nitrogens is 3. The minimum atomic E-state index is -4.70. The molecule has 1 fully saturated rings. The van der Waals surface area contributed by atoms with Crippen LogP contribution in [0, 0.1) is 18.3 Å². The number of rotatable bonds is 3. The number of anilines is 2. The maximum Gasteiger partial charge on any atom is 0.417 e. The molecule has 0 radical (unpaired) electrons. The van der Waals surface area contributed by atoms with E-state index in [-0.39, 0.29) is 17.4 Å². The first kappa shape index (κ1) is 21.6. The van der Waals surface area contributed by atoms with Gasteiger partial charge in [0.2, 0.25) is 0 Å². The Balaban J connectivity index is 1.71. The third-order valence-corrected chi connectivity index (χ3v) is 5.73. The lowest BCUT2D eigenvalue weighted by Gasteiger charge is -2.29. The predicted molar refractivity (Wildman–Crippen MR) is 113 cm³/mol. The minimum absolute atomic E-state index is 0.102. The van der Waals surface area contributed by atoms with E-state index in [0.29, 0.717) is 30.9 Å². The number of nitriles is 1. The fourth-order valence-corrected chi connectivity index (χ4v) is 4.12. The van der Waals surface area contributed by atoms with Crippen molar-refractivity contribution in [2.75, 3.05) is 23.4 Å². The number of likely N-dealkylation sites (N-methyl/N-ethyl adjacent to an activating group) is 1. The number of carbonyl (C=O) groups is 1. The van der Waals surface area contributed by atoms with Gasteiger partial charge in [-0.25, -0.2) is 9.97 Å². The Labute approximate surface area is 182 Å². The van der Waals surface area contributed by atoms with Gasteiger partial charge in [-0.2, -0.15) is 18.4 Å². The Morgan fingerprint density at radius 1 is 1.28 bits per heavy atom. The van der Waals surface area contributed by atoms with Crippen LogP contribution < -0.4 is 9.80 Å². The summed E-state index contributed by atoms with van der Waals surface area (Å²) < 4.78 is 42.5. The first-order valence-corrected chi connectivity index (χ1v) is 10.1. The summed E-state index contributed by atoms with van der Waals surface area (Å²) in [6, 6.07) is 7.28. The van der Waals surface area contributed by atoms with Gasteiger partial charge >= 0.3 is 6.18 Å². The first-order chi connectivity index (χ1) is 15.1. The van der Waals surface area contributed by atoms with E-state index in [0.717, 1.165) is 11.5 Å². The molecule has 4 heterocycles. The van der Waals surface area contributed by atoms with Crippen molar-refractivity contribution >= 4 is 28.6 Å². The van der Waals surface area contributed by atoms with Crippen LogP contribution in [-0.4, -0.2) is 40.1 Å². The third kappa shape index (κ3) is 3.64. The van der Waals surface area contributed by atoms with Crippen LogP contribution in [0.1, 0.15) is 29.7 Å². The lowest BCUT2D eigenvalue weighted by molar-refractivity contribution is -0.137. The predicted octanol–water partition coefficient (Wildman–Crippen LogP) is 3.80. The zero-order chi connectivity index (χ0) is 23.2. The van der Waals surface area contributed by atoms with Crippen LogP contribution in [0.5, 0.6) is 0 Å². The second-order valence-electron chi connectivity index (χ2n) is 7.88. The standard InChI is InChI=1S/C22H21F3N6O/c1-13-11-16(22(23,24)25)15(12-26)20(27-13)31-9-4-5-17(31)21(32)30(3)18-7-6-14-8-10-29(2)19(14)28-18/h6-8,10-11,17H,4-5,9H2,1-3H3/t17-/m0/s1. The molecular weight excluding hydrogens is 421 g/mol. The van der Waals surface area contributed by atoms with Crippen LogP contribution in [0.2, 0.25) is 0 Å². The van der Waals surface area contributed by atoms with E-state index in [1.165, 1.54) is 16.7 Å². The van der Waals surface area contributed by atoms with E-state index in [2.05, 4.69) is 9.97 Å². The zero-order valence-electron chi connectivity index (χ0n) is 17.8.